The van der Waals surface area contributed by atoms with Gasteiger partial charge in [0.05, 0.1) is 5.75 Å². The highest BCUT2D eigenvalue weighted by molar-refractivity contribution is 9.10. The van der Waals surface area contributed by atoms with Gasteiger partial charge in [0.2, 0.25) is 0 Å². The minimum absolute atomic E-state index is 0.0681. The lowest BCUT2D eigenvalue weighted by Gasteiger charge is -2.07. The van der Waals surface area contributed by atoms with Crippen LogP contribution in [0.3, 0.4) is 0 Å². The number of aromatic nitrogens is 3. The zero-order valence-electron chi connectivity index (χ0n) is 11.3. The fourth-order valence-electron chi connectivity index (χ4n) is 1.74. The molecule has 1 atom stereocenters. The lowest BCUT2D eigenvalue weighted by atomic mass is 10.4. The molecule has 1 N–H and O–H groups in total. The summed E-state index contributed by atoms with van der Waals surface area (Å²) in [4.78, 5) is 19.5. The van der Waals surface area contributed by atoms with Crippen molar-refractivity contribution in [1.82, 2.24) is 14.5 Å². The number of rotatable bonds is 7. The van der Waals surface area contributed by atoms with E-state index in [4.69, 9.17) is 5.11 Å². The number of nitrogens with zero attached hydrogens (tertiary/aromatic N) is 3. The molecule has 0 aliphatic rings. The molecular formula is C12H14BrN3O3S2. The fourth-order valence-corrected chi connectivity index (χ4v) is 3.48. The van der Waals surface area contributed by atoms with E-state index in [-0.39, 0.29) is 5.75 Å². The van der Waals surface area contributed by atoms with Crippen LogP contribution in [0, 0.1) is 0 Å². The second-order valence-corrected chi connectivity index (χ2v) is 7.88. The molecule has 2 heterocycles. The number of hydrogen-bond acceptors (Lipinski definition) is 5. The van der Waals surface area contributed by atoms with Gasteiger partial charge in [-0.2, -0.15) is 0 Å². The van der Waals surface area contributed by atoms with Gasteiger partial charge < -0.3 is 9.67 Å². The van der Waals surface area contributed by atoms with E-state index in [0.717, 1.165) is 16.2 Å². The summed E-state index contributed by atoms with van der Waals surface area (Å²) in [6, 6.07) is 1.83. The molecule has 21 heavy (non-hydrogen) atoms. The smallest absolute Gasteiger partial charge is 0.313 e. The Morgan fingerprint density at radius 1 is 1.57 bits per heavy atom. The van der Waals surface area contributed by atoms with Crippen LogP contribution in [-0.2, 0) is 22.1 Å². The highest BCUT2D eigenvalue weighted by Gasteiger charge is 2.14. The first-order chi connectivity index (χ1) is 10.0. The summed E-state index contributed by atoms with van der Waals surface area (Å²) in [6.45, 7) is 2.38. The molecule has 6 nitrogen and oxygen atoms in total. The van der Waals surface area contributed by atoms with E-state index in [2.05, 4.69) is 25.9 Å². The molecule has 2 rings (SSSR count). The van der Waals surface area contributed by atoms with Crippen LogP contribution in [0.1, 0.15) is 6.92 Å². The van der Waals surface area contributed by atoms with Gasteiger partial charge >= 0.3 is 5.97 Å². The Hall–Kier alpha value is -0.930. The van der Waals surface area contributed by atoms with Crippen molar-refractivity contribution in [3.05, 3.63) is 16.7 Å². The molecule has 9 heteroatoms. The fraction of sp³-hybridized carbons (Fsp3) is 0.417. The zero-order chi connectivity index (χ0) is 15.4. The van der Waals surface area contributed by atoms with Crippen molar-refractivity contribution in [2.24, 2.45) is 0 Å². The number of thioether (sulfide) groups is 1. The van der Waals surface area contributed by atoms with Crippen LogP contribution in [0.25, 0.3) is 11.2 Å². The minimum atomic E-state index is -0.898. The Labute approximate surface area is 136 Å². The first-order valence-electron chi connectivity index (χ1n) is 6.22. The van der Waals surface area contributed by atoms with Crippen LogP contribution in [0.15, 0.2) is 21.9 Å². The van der Waals surface area contributed by atoms with Crippen LogP contribution < -0.4 is 0 Å². The molecule has 0 aliphatic carbocycles. The number of aryl methyl sites for hydroxylation is 1. The number of pyridine rings is 1. The summed E-state index contributed by atoms with van der Waals surface area (Å²) in [6.07, 6.45) is 1.67. The van der Waals surface area contributed by atoms with Gasteiger partial charge in [0, 0.05) is 39.5 Å². The molecule has 0 saturated heterocycles. The number of halogens is 1. The minimum Gasteiger partial charge on any atom is -0.481 e. The van der Waals surface area contributed by atoms with Crippen molar-refractivity contribution in [3.8, 4) is 0 Å². The second-order valence-electron chi connectivity index (χ2n) is 4.16. The van der Waals surface area contributed by atoms with Crippen LogP contribution in [-0.4, -0.2) is 47.1 Å². The highest BCUT2D eigenvalue weighted by atomic mass is 79.9. The molecule has 0 spiro atoms. The topological polar surface area (TPSA) is 85.1 Å². The summed E-state index contributed by atoms with van der Waals surface area (Å²) in [5, 5.41) is 9.40. The number of carboxylic acid groups (broad SMARTS) is 1. The number of fused-ring (bicyclic) bond motifs is 1. The van der Waals surface area contributed by atoms with Crippen LogP contribution in [0.5, 0.6) is 0 Å². The van der Waals surface area contributed by atoms with Gasteiger partial charge in [-0.15, -0.1) is 0 Å². The van der Waals surface area contributed by atoms with E-state index in [0.29, 0.717) is 34.4 Å². The van der Waals surface area contributed by atoms with Crippen LogP contribution in [0.2, 0.25) is 0 Å². The Morgan fingerprint density at radius 2 is 2.33 bits per heavy atom. The zero-order valence-corrected chi connectivity index (χ0v) is 14.5. The molecular weight excluding hydrogens is 378 g/mol. The van der Waals surface area contributed by atoms with Gasteiger partial charge in [0.25, 0.3) is 0 Å². The van der Waals surface area contributed by atoms with Crippen molar-refractivity contribution in [3.63, 3.8) is 0 Å². The third-order valence-electron chi connectivity index (χ3n) is 2.71. The third kappa shape index (κ3) is 4.27. The van der Waals surface area contributed by atoms with E-state index in [9.17, 15) is 9.00 Å². The summed E-state index contributed by atoms with van der Waals surface area (Å²) in [5.41, 5.74) is 1.37. The number of carboxylic acids is 1. The van der Waals surface area contributed by atoms with Crippen molar-refractivity contribution < 1.29 is 14.1 Å². The average Bonchev–Trinajstić information content (AvgIpc) is 2.79. The van der Waals surface area contributed by atoms with Crippen molar-refractivity contribution in [2.75, 3.05) is 17.3 Å². The van der Waals surface area contributed by atoms with Gasteiger partial charge in [-0.25, -0.2) is 9.97 Å². The first kappa shape index (κ1) is 16.4. The molecule has 0 amide bonds. The maximum Gasteiger partial charge on any atom is 0.313 e. The van der Waals surface area contributed by atoms with Crippen molar-refractivity contribution in [1.29, 1.82) is 0 Å². The lowest BCUT2D eigenvalue weighted by molar-refractivity contribution is -0.133. The number of imidazole rings is 1. The van der Waals surface area contributed by atoms with Crippen molar-refractivity contribution >= 4 is 55.6 Å². The highest BCUT2D eigenvalue weighted by Crippen LogP contribution is 2.24. The maximum absolute atomic E-state index is 11.6. The van der Waals surface area contributed by atoms with Crippen LogP contribution in [0.4, 0.5) is 0 Å². The molecule has 0 fully saturated rings. The summed E-state index contributed by atoms with van der Waals surface area (Å²) >= 11 is 4.48. The normalized spacial score (nSPS) is 12.7. The largest absolute Gasteiger partial charge is 0.481 e. The summed E-state index contributed by atoms with van der Waals surface area (Å²) in [5.74, 6) is 0.134. The standard InChI is InChI=1S/C12H14BrN3O3S2/c1-2-21(19)4-3-16-11-9(5-8(13)6-14-11)15-12(16)20-7-10(17)18/h5-6H,2-4,7H2,1H3,(H,17,18). The lowest BCUT2D eigenvalue weighted by Crippen LogP contribution is -2.11. The van der Waals surface area contributed by atoms with E-state index in [1.54, 1.807) is 6.20 Å². The van der Waals surface area contributed by atoms with E-state index >= 15 is 0 Å². The molecule has 0 saturated carbocycles. The molecule has 114 valence electrons. The molecule has 0 aromatic carbocycles. The van der Waals surface area contributed by atoms with Gasteiger partial charge in [-0.05, 0) is 22.0 Å². The van der Waals surface area contributed by atoms with Crippen LogP contribution >= 0.6 is 27.7 Å². The summed E-state index contributed by atoms with van der Waals surface area (Å²) < 4.78 is 14.3. The second kappa shape index (κ2) is 7.37. The van der Waals surface area contributed by atoms with Crippen molar-refractivity contribution in [2.45, 2.75) is 18.6 Å². The molecule has 2 aromatic heterocycles. The number of carbonyl (C=O) groups is 1. The van der Waals surface area contributed by atoms with E-state index < -0.39 is 16.8 Å². The predicted molar refractivity (Wildman–Crippen MR) is 87.1 cm³/mol. The first-order valence-corrected chi connectivity index (χ1v) is 9.49. The maximum atomic E-state index is 11.6. The third-order valence-corrected chi connectivity index (χ3v) is 5.38. The van der Waals surface area contributed by atoms with Gasteiger partial charge in [-0.1, -0.05) is 18.7 Å². The summed E-state index contributed by atoms with van der Waals surface area (Å²) in [7, 11) is -0.891. The average molecular weight is 392 g/mol. The number of aliphatic carboxylic acids is 1. The quantitative estimate of drug-likeness (QED) is 0.727. The molecule has 0 aliphatic heterocycles. The SMILES string of the molecule is CCS(=O)CCn1c(SCC(=O)O)nc2cc(Br)cnc21. The molecule has 0 bridgehead atoms. The number of hydrogen-bond donors (Lipinski definition) is 1. The molecule has 2 aromatic rings. The van der Waals surface area contributed by atoms with Gasteiger partial charge in [0.1, 0.15) is 5.52 Å². The molecule has 1 unspecified atom stereocenters. The predicted octanol–water partition coefficient (Wildman–Crippen LogP) is 2.14. The Bertz CT molecular complexity index is 690. The van der Waals surface area contributed by atoms with Gasteiger partial charge in [0.15, 0.2) is 10.8 Å². The van der Waals surface area contributed by atoms with E-state index in [1.807, 2.05) is 17.6 Å². The molecule has 0 radical (unpaired) electrons. The Kier molecular flexibility index (Phi) is 5.77. The Balaban J connectivity index is 2.34. The van der Waals surface area contributed by atoms with E-state index in [1.165, 1.54) is 0 Å². The monoisotopic (exact) mass is 391 g/mol. The van der Waals surface area contributed by atoms with Gasteiger partial charge in [-0.3, -0.25) is 9.00 Å². The Morgan fingerprint density at radius 3 is 3.00 bits per heavy atom.